The Morgan fingerprint density at radius 3 is 2.94 bits per heavy atom. The lowest BCUT2D eigenvalue weighted by atomic mass is 10.1. The molecule has 4 nitrogen and oxygen atoms in total. The summed E-state index contributed by atoms with van der Waals surface area (Å²) in [6.45, 7) is 2.53. The lowest BCUT2D eigenvalue weighted by molar-refractivity contribution is -0.120. The largest absolute Gasteiger partial charge is 0.340 e. The molecule has 1 aromatic carbocycles. The molecule has 1 atom stereocenters. The van der Waals surface area contributed by atoms with Crippen molar-refractivity contribution in [3.63, 3.8) is 0 Å². The van der Waals surface area contributed by atoms with E-state index in [0.717, 1.165) is 10.0 Å². The van der Waals surface area contributed by atoms with E-state index in [9.17, 15) is 4.79 Å². The van der Waals surface area contributed by atoms with Gasteiger partial charge in [-0.25, -0.2) is 0 Å². The summed E-state index contributed by atoms with van der Waals surface area (Å²) >= 11 is 9.25. The number of carbonyl (C=O) groups is 1. The molecule has 1 saturated heterocycles. The summed E-state index contributed by atoms with van der Waals surface area (Å²) in [7, 11) is 0. The van der Waals surface area contributed by atoms with Gasteiger partial charge in [0.25, 0.3) is 5.91 Å². The Morgan fingerprint density at radius 2 is 2.29 bits per heavy atom. The fourth-order valence-corrected chi connectivity index (χ4v) is 2.11. The summed E-state index contributed by atoms with van der Waals surface area (Å²) in [5.74, 6) is 0.417. The predicted octanol–water partition coefficient (Wildman–Crippen LogP) is 2.24. The van der Waals surface area contributed by atoms with Gasteiger partial charge in [-0.05, 0) is 40.5 Å². The first-order valence-electron chi connectivity index (χ1n) is 5.18. The summed E-state index contributed by atoms with van der Waals surface area (Å²) in [6, 6.07) is 4.99. The van der Waals surface area contributed by atoms with Crippen molar-refractivity contribution in [2.24, 2.45) is 4.99 Å². The Kier molecular flexibility index (Phi) is 3.69. The second kappa shape index (κ2) is 5.06. The average molecular weight is 317 g/mol. The summed E-state index contributed by atoms with van der Waals surface area (Å²) in [4.78, 5) is 15.9. The van der Waals surface area contributed by atoms with Crippen molar-refractivity contribution in [3.05, 3.63) is 33.3 Å². The number of aliphatic imine (C=N–C) groups is 1. The van der Waals surface area contributed by atoms with Crippen LogP contribution in [-0.4, -0.2) is 18.4 Å². The van der Waals surface area contributed by atoms with E-state index in [-0.39, 0.29) is 5.91 Å². The number of hydrogen-bond donors (Lipinski definition) is 2. The molecule has 1 aromatic rings. The molecule has 90 valence electrons. The van der Waals surface area contributed by atoms with Gasteiger partial charge in [0, 0.05) is 11.0 Å². The van der Waals surface area contributed by atoms with Crippen LogP contribution in [-0.2, 0) is 4.79 Å². The first kappa shape index (κ1) is 12.4. The molecule has 2 rings (SSSR count). The number of rotatable bonds is 2. The summed E-state index contributed by atoms with van der Waals surface area (Å²) in [6.07, 6.45) is 0. The van der Waals surface area contributed by atoms with E-state index >= 15 is 0 Å². The highest BCUT2D eigenvalue weighted by Gasteiger charge is 2.29. The molecule has 1 amide bonds. The molecule has 0 radical (unpaired) electrons. The number of benzene rings is 1. The van der Waals surface area contributed by atoms with Crippen molar-refractivity contribution in [2.45, 2.75) is 13.0 Å². The molecule has 17 heavy (non-hydrogen) atoms. The standard InChI is InChI=1S/C11H11BrClN3O/c1-2-14-11-15-9(10(17)16-11)6-3-4-8(13)7(12)5-6/h3-5,9H,2H2,1H3,(H2,14,15,16,17). The highest BCUT2D eigenvalue weighted by Crippen LogP contribution is 2.27. The maximum atomic E-state index is 11.8. The van der Waals surface area contributed by atoms with Gasteiger partial charge in [0.15, 0.2) is 5.96 Å². The van der Waals surface area contributed by atoms with Crippen LogP contribution in [0.15, 0.2) is 27.7 Å². The van der Waals surface area contributed by atoms with E-state index in [1.807, 2.05) is 19.1 Å². The molecule has 1 aliphatic heterocycles. The average Bonchev–Trinajstić information content (AvgIpc) is 2.64. The van der Waals surface area contributed by atoms with Crippen molar-refractivity contribution in [1.82, 2.24) is 10.6 Å². The van der Waals surface area contributed by atoms with Crippen molar-refractivity contribution in [3.8, 4) is 0 Å². The summed E-state index contributed by atoms with van der Waals surface area (Å²) < 4.78 is 0.771. The quantitative estimate of drug-likeness (QED) is 0.879. The third-order valence-electron chi connectivity index (χ3n) is 2.38. The highest BCUT2D eigenvalue weighted by molar-refractivity contribution is 9.10. The SMILES string of the molecule is CCN=C1NC(=O)C(c2ccc(Cl)c(Br)c2)N1. The molecule has 0 spiro atoms. The fourth-order valence-electron chi connectivity index (χ4n) is 1.60. The molecule has 0 aromatic heterocycles. The van der Waals surface area contributed by atoms with Crippen LogP contribution in [0.4, 0.5) is 0 Å². The van der Waals surface area contributed by atoms with Crippen LogP contribution in [0.2, 0.25) is 5.02 Å². The van der Waals surface area contributed by atoms with Crippen LogP contribution in [0.5, 0.6) is 0 Å². The third-order valence-corrected chi connectivity index (χ3v) is 3.59. The van der Waals surface area contributed by atoms with Gasteiger partial charge in [0.05, 0.1) is 5.02 Å². The van der Waals surface area contributed by atoms with Crippen LogP contribution in [0.3, 0.4) is 0 Å². The maximum absolute atomic E-state index is 11.8. The highest BCUT2D eigenvalue weighted by atomic mass is 79.9. The molecule has 1 heterocycles. The first-order valence-corrected chi connectivity index (χ1v) is 6.35. The zero-order chi connectivity index (χ0) is 12.4. The number of carbonyl (C=O) groups excluding carboxylic acids is 1. The van der Waals surface area contributed by atoms with Crippen LogP contribution >= 0.6 is 27.5 Å². The number of halogens is 2. The maximum Gasteiger partial charge on any atom is 0.253 e. The number of nitrogens with zero attached hydrogens (tertiary/aromatic N) is 1. The van der Waals surface area contributed by atoms with Gasteiger partial charge in [-0.3, -0.25) is 15.1 Å². The Hall–Kier alpha value is -1.07. The van der Waals surface area contributed by atoms with E-state index in [1.165, 1.54) is 0 Å². The van der Waals surface area contributed by atoms with Crippen molar-refractivity contribution >= 4 is 39.4 Å². The second-order valence-corrected chi connectivity index (χ2v) is 4.82. The van der Waals surface area contributed by atoms with Crippen molar-refractivity contribution in [1.29, 1.82) is 0 Å². The van der Waals surface area contributed by atoms with Crippen molar-refractivity contribution < 1.29 is 4.79 Å². The molecule has 0 bridgehead atoms. The predicted molar refractivity (Wildman–Crippen MR) is 71.1 cm³/mol. The zero-order valence-corrected chi connectivity index (χ0v) is 11.5. The normalized spacial score (nSPS) is 21.5. The molecule has 0 aliphatic carbocycles. The minimum Gasteiger partial charge on any atom is -0.340 e. The Bertz CT molecular complexity index is 490. The lowest BCUT2D eigenvalue weighted by Gasteiger charge is -2.09. The molecule has 1 fully saturated rings. The van der Waals surface area contributed by atoms with E-state index in [0.29, 0.717) is 17.5 Å². The van der Waals surface area contributed by atoms with Gasteiger partial charge in [-0.15, -0.1) is 0 Å². The van der Waals surface area contributed by atoms with E-state index in [2.05, 4.69) is 31.6 Å². The van der Waals surface area contributed by atoms with Crippen molar-refractivity contribution in [2.75, 3.05) is 6.54 Å². The minimum atomic E-state index is -0.408. The second-order valence-electron chi connectivity index (χ2n) is 3.56. The molecule has 0 saturated carbocycles. The number of guanidine groups is 1. The topological polar surface area (TPSA) is 53.5 Å². The Labute approximate surface area is 113 Å². The van der Waals surface area contributed by atoms with Crippen LogP contribution in [0.1, 0.15) is 18.5 Å². The molecular weight excluding hydrogens is 305 g/mol. The Morgan fingerprint density at radius 1 is 1.53 bits per heavy atom. The van der Waals surface area contributed by atoms with Gasteiger partial charge in [-0.1, -0.05) is 17.7 Å². The lowest BCUT2D eigenvalue weighted by Crippen LogP contribution is -2.25. The molecular formula is C11H11BrClN3O. The van der Waals surface area contributed by atoms with Crippen LogP contribution in [0, 0.1) is 0 Å². The number of amides is 1. The molecule has 1 aliphatic rings. The van der Waals surface area contributed by atoms with Crippen LogP contribution < -0.4 is 10.6 Å². The molecule has 1 unspecified atom stereocenters. The van der Waals surface area contributed by atoms with E-state index < -0.39 is 6.04 Å². The molecule has 2 N–H and O–H groups in total. The summed E-state index contributed by atoms with van der Waals surface area (Å²) in [5, 5.41) is 6.34. The van der Waals surface area contributed by atoms with Gasteiger partial charge in [0.1, 0.15) is 6.04 Å². The molecule has 6 heteroatoms. The number of nitrogens with one attached hydrogen (secondary N) is 2. The third kappa shape index (κ3) is 2.61. The van der Waals surface area contributed by atoms with Gasteiger partial charge in [0.2, 0.25) is 0 Å². The van der Waals surface area contributed by atoms with E-state index in [1.54, 1.807) is 6.07 Å². The summed E-state index contributed by atoms with van der Waals surface area (Å²) in [5.41, 5.74) is 0.847. The monoisotopic (exact) mass is 315 g/mol. The van der Waals surface area contributed by atoms with Crippen LogP contribution in [0.25, 0.3) is 0 Å². The smallest absolute Gasteiger partial charge is 0.253 e. The van der Waals surface area contributed by atoms with Gasteiger partial charge >= 0.3 is 0 Å². The number of hydrogen-bond acceptors (Lipinski definition) is 2. The zero-order valence-electron chi connectivity index (χ0n) is 9.13. The first-order chi connectivity index (χ1) is 8.11. The van der Waals surface area contributed by atoms with E-state index in [4.69, 9.17) is 11.6 Å². The minimum absolute atomic E-state index is 0.105. The van der Waals surface area contributed by atoms with Gasteiger partial charge in [-0.2, -0.15) is 0 Å². The Balaban J connectivity index is 2.26. The van der Waals surface area contributed by atoms with Gasteiger partial charge < -0.3 is 5.32 Å². The fraction of sp³-hybridized carbons (Fsp3) is 0.273.